The average molecular weight is 410 g/mol. The SMILES string of the molecule is Cc1cc(Br)c(C(=O)c2ccc3cc(Br)ccc3c2)s1. The predicted molar refractivity (Wildman–Crippen MR) is 91.8 cm³/mol. The molecule has 2 aromatic carbocycles. The number of halogens is 2. The van der Waals surface area contributed by atoms with Crippen molar-refractivity contribution in [2.45, 2.75) is 6.92 Å². The minimum atomic E-state index is 0.0693. The van der Waals surface area contributed by atoms with E-state index in [1.165, 1.54) is 11.3 Å². The topological polar surface area (TPSA) is 17.1 Å². The van der Waals surface area contributed by atoms with Gasteiger partial charge >= 0.3 is 0 Å². The van der Waals surface area contributed by atoms with Crippen molar-refractivity contribution in [3.63, 3.8) is 0 Å². The highest BCUT2D eigenvalue weighted by Gasteiger charge is 2.15. The highest BCUT2D eigenvalue weighted by molar-refractivity contribution is 9.10. The Hall–Kier alpha value is -0.970. The number of carbonyl (C=O) groups excluding carboxylic acids is 1. The molecule has 0 fully saturated rings. The summed E-state index contributed by atoms with van der Waals surface area (Å²) in [4.78, 5) is 14.5. The molecule has 0 saturated heterocycles. The molecule has 0 radical (unpaired) electrons. The molecule has 0 N–H and O–H groups in total. The molecule has 0 unspecified atom stereocenters. The molecule has 20 heavy (non-hydrogen) atoms. The van der Waals surface area contributed by atoms with Crippen molar-refractivity contribution in [2.75, 3.05) is 0 Å². The summed E-state index contributed by atoms with van der Waals surface area (Å²) >= 11 is 8.44. The number of hydrogen-bond donors (Lipinski definition) is 0. The molecule has 0 atom stereocenters. The van der Waals surface area contributed by atoms with Gasteiger partial charge in [0.15, 0.2) is 0 Å². The van der Waals surface area contributed by atoms with Gasteiger partial charge in [-0.1, -0.05) is 34.1 Å². The van der Waals surface area contributed by atoms with E-state index in [-0.39, 0.29) is 5.78 Å². The second kappa shape index (κ2) is 5.43. The number of ketones is 1. The Morgan fingerprint density at radius 3 is 2.40 bits per heavy atom. The minimum absolute atomic E-state index is 0.0693. The van der Waals surface area contributed by atoms with Crippen molar-refractivity contribution in [1.29, 1.82) is 0 Å². The van der Waals surface area contributed by atoms with Crippen LogP contribution in [0.1, 0.15) is 20.1 Å². The lowest BCUT2D eigenvalue weighted by molar-refractivity contribution is 0.104. The highest BCUT2D eigenvalue weighted by Crippen LogP contribution is 2.30. The molecule has 3 rings (SSSR count). The lowest BCUT2D eigenvalue weighted by atomic mass is 10.0. The lowest BCUT2D eigenvalue weighted by Crippen LogP contribution is -1.99. The van der Waals surface area contributed by atoms with Crippen LogP contribution in [0.5, 0.6) is 0 Å². The summed E-state index contributed by atoms with van der Waals surface area (Å²) in [5, 5.41) is 2.20. The van der Waals surface area contributed by atoms with Gasteiger partial charge in [-0.05, 0) is 57.9 Å². The third-order valence-electron chi connectivity index (χ3n) is 3.08. The largest absolute Gasteiger partial charge is 0.288 e. The van der Waals surface area contributed by atoms with Crippen molar-refractivity contribution in [3.05, 3.63) is 66.7 Å². The predicted octanol–water partition coefficient (Wildman–Crippen LogP) is 5.97. The fraction of sp³-hybridized carbons (Fsp3) is 0.0625. The van der Waals surface area contributed by atoms with Gasteiger partial charge in [0.2, 0.25) is 5.78 Å². The smallest absolute Gasteiger partial charge is 0.204 e. The van der Waals surface area contributed by atoms with Crippen LogP contribution in [0.15, 0.2) is 51.4 Å². The maximum absolute atomic E-state index is 12.6. The van der Waals surface area contributed by atoms with E-state index < -0.39 is 0 Å². The van der Waals surface area contributed by atoms with Gasteiger partial charge in [-0.2, -0.15) is 0 Å². The maximum Gasteiger partial charge on any atom is 0.204 e. The summed E-state index contributed by atoms with van der Waals surface area (Å²) in [6.45, 7) is 2.00. The Morgan fingerprint density at radius 1 is 1.00 bits per heavy atom. The Bertz CT molecular complexity index is 820. The lowest BCUT2D eigenvalue weighted by Gasteiger charge is -2.03. The van der Waals surface area contributed by atoms with E-state index in [2.05, 4.69) is 37.9 Å². The van der Waals surface area contributed by atoms with E-state index >= 15 is 0 Å². The molecule has 0 aliphatic rings. The second-order valence-corrected chi connectivity index (χ2v) is 7.60. The standard InChI is InChI=1S/C16H10Br2OS/c1-9-6-14(18)16(20-9)15(19)12-3-2-11-8-13(17)5-4-10(11)7-12/h2-8H,1H3. The molecule has 1 aromatic heterocycles. The quantitative estimate of drug-likeness (QED) is 0.476. The van der Waals surface area contributed by atoms with Crippen LogP contribution in [0.4, 0.5) is 0 Å². The van der Waals surface area contributed by atoms with Gasteiger partial charge in [0.25, 0.3) is 0 Å². The van der Waals surface area contributed by atoms with Gasteiger partial charge in [-0.15, -0.1) is 11.3 Å². The Balaban J connectivity index is 2.08. The van der Waals surface area contributed by atoms with E-state index in [1.54, 1.807) is 0 Å². The molecular weight excluding hydrogens is 400 g/mol. The number of fused-ring (bicyclic) bond motifs is 1. The van der Waals surface area contributed by atoms with Gasteiger partial charge in [0.1, 0.15) is 0 Å². The first kappa shape index (κ1) is 14.0. The number of thiophene rings is 1. The van der Waals surface area contributed by atoms with E-state index in [0.717, 1.165) is 35.0 Å². The number of benzene rings is 2. The normalized spacial score (nSPS) is 10.9. The zero-order valence-electron chi connectivity index (χ0n) is 10.6. The molecule has 0 amide bonds. The van der Waals surface area contributed by atoms with Crippen LogP contribution < -0.4 is 0 Å². The summed E-state index contributed by atoms with van der Waals surface area (Å²) in [6.07, 6.45) is 0. The van der Waals surface area contributed by atoms with E-state index in [4.69, 9.17) is 0 Å². The fourth-order valence-electron chi connectivity index (χ4n) is 2.13. The number of aryl methyl sites for hydroxylation is 1. The first-order valence-electron chi connectivity index (χ1n) is 6.04. The van der Waals surface area contributed by atoms with Gasteiger partial charge in [0.05, 0.1) is 4.88 Å². The van der Waals surface area contributed by atoms with Crippen molar-refractivity contribution < 1.29 is 4.79 Å². The van der Waals surface area contributed by atoms with Gasteiger partial charge < -0.3 is 0 Å². The Kier molecular flexibility index (Phi) is 3.80. The van der Waals surface area contributed by atoms with E-state index in [9.17, 15) is 4.79 Å². The molecule has 0 bridgehead atoms. The molecule has 0 aliphatic carbocycles. The molecule has 1 heterocycles. The first-order valence-corrected chi connectivity index (χ1v) is 8.45. The number of hydrogen-bond acceptors (Lipinski definition) is 2. The first-order chi connectivity index (χ1) is 9.54. The minimum Gasteiger partial charge on any atom is -0.288 e. The van der Waals surface area contributed by atoms with Crippen LogP contribution in [0.25, 0.3) is 10.8 Å². The molecule has 0 saturated carbocycles. The summed E-state index contributed by atoms with van der Waals surface area (Å²) in [5.41, 5.74) is 0.724. The van der Waals surface area contributed by atoms with Crippen LogP contribution in [0.3, 0.4) is 0 Å². The molecule has 100 valence electrons. The van der Waals surface area contributed by atoms with E-state index in [1.807, 2.05) is 43.3 Å². The van der Waals surface area contributed by atoms with Crippen LogP contribution >= 0.6 is 43.2 Å². The molecule has 0 aliphatic heterocycles. The summed E-state index contributed by atoms with van der Waals surface area (Å²) in [6, 6.07) is 13.9. The van der Waals surface area contributed by atoms with Gasteiger partial charge in [-0.25, -0.2) is 0 Å². The molecule has 0 spiro atoms. The fourth-order valence-corrected chi connectivity index (χ4v) is 4.29. The summed E-state index contributed by atoms with van der Waals surface area (Å²) in [5.74, 6) is 0.0693. The molecule has 4 heteroatoms. The molecule has 3 aromatic rings. The van der Waals surface area contributed by atoms with Crippen LogP contribution in [0, 0.1) is 6.92 Å². The highest BCUT2D eigenvalue weighted by atomic mass is 79.9. The van der Waals surface area contributed by atoms with Gasteiger partial charge in [0, 0.05) is 19.4 Å². The zero-order valence-corrected chi connectivity index (χ0v) is 14.6. The molecule has 1 nitrogen and oxygen atoms in total. The zero-order chi connectivity index (χ0) is 14.3. The maximum atomic E-state index is 12.6. The third-order valence-corrected chi connectivity index (χ3v) is 5.51. The molecular formula is C16H10Br2OS. The average Bonchev–Trinajstić information content (AvgIpc) is 2.76. The van der Waals surface area contributed by atoms with Crippen molar-refractivity contribution >= 4 is 59.8 Å². The second-order valence-electron chi connectivity index (χ2n) is 4.57. The van der Waals surface area contributed by atoms with Gasteiger partial charge in [-0.3, -0.25) is 4.79 Å². The van der Waals surface area contributed by atoms with Crippen LogP contribution in [0.2, 0.25) is 0 Å². The van der Waals surface area contributed by atoms with Crippen molar-refractivity contribution in [1.82, 2.24) is 0 Å². The summed E-state index contributed by atoms with van der Waals surface area (Å²) < 4.78 is 1.92. The van der Waals surface area contributed by atoms with Crippen LogP contribution in [-0.2, 0) is 0 Å². The van der Waals surface area contributed by atoms with Crippen molar-refractivity contribution in [3.8, 4) is 0 Å². The summed E-state index contributed by atoms with van der Waals surface area (Å²) in [7, 11) is 0. The third kappa shape index (κ3) is 2.60. The van der Waals surface area contributed by atoms with Crippen LogP contribution in [-0.4, -0.2) is 5.78 Å². The number of carbonyl (C=O) groups is 1. The Morgan fingerprint density at radius 2 is 1.70 bits per heavy atom. The number of rotatable bonds is 2. The Labute approximate surface area is 137 Å². The van der Waals surface area contributed by atoms with E-state index in [0.29, 0.717) is 0 Å². The monoisotopic (exact) mass is 408 g/mol. The van der Waals surface area contributed by atoms with Crippen molar-refractivity contribution in [2.24, 2.45) is 0 Å².